The summed E-state index contributed by atoms with van der Waals surface area (Å²) >= 11 is 7.49. The van der Waals surface area contributed by atoms with Gasteiger partial charge in [-0.25, -0.2) is 76.2 Å². The highest BCUT2D eigenvalue weighted by Gasteiger charge is 2.31. The summed E-state index contributed by atoms with van der Waals surface area (Å²) in [5.41, 5.74) is 23.7. The molecule has 0 spiro atoms. The molecule has 686 valence electrons. The Morgan fingerprint density at radius 1 is 0.304 bits per heavy atom. The minimum atomic E-state index is -3.11. The zero-order valence-electron chi connectivity index (χ0n) is 76.2. The topological polar surface area (TPSA) is 354 Å². The first kappa shape index (κ1) is 92.6. The maximum Gasteiger partial charge on any atom is 0.274 e. The molecule has 20 rings (SSSR count). The van der Waals surface area contributed by atoms with Gasteiger partial charge >= 0.3 is 0 Å². The van der Waals surface area contributed by atoms with Gasteiger partial charge in [0.05, 0.1) is 152 Å². The molecule has 0 aliphatic carbocycles. The van der Waals surface area contributed by atoms with E-state index >= 15 is 0 Å². The summed E-state index contributed by atoms with van der Waals surface area (Å²) in [6.45, 7) is 12.4. The fourth-order valence-corrected chi connectivity index (χ4v) is 19.4. The van der Waals surface area contributed by atoms with E-state index in [1.54, 1.807) is 138 Å². The lowest BCUT2D eigenvalue weighted by atomic mass is 10.1. The lowest BCUT2D eigenvalue weighted by molar-refractivity contribution is 0.0180. The van der Waals surface area contributed by atoms with Gasteiger partial charge < -0.3 is 57.8 Å². The highest BCUT2D eigenvalue weighted by Crippen LogP contribution is 2.44. The summed E-state index contributed by atoms with van der Waals surface area (Å²) < 4.78 is 95.5. The van der Waals surface area contributed by atoms with Gasteiger partial charge in [0.15, 0.2) is 57.5 Å². The van der Waals surface area contributed by atoms with Gasteiger partial charge in [0, 0.05) is 93.4 Å². The molecule has 0 aliphatic rings. The number of halogens is 2. The Labute approximate surface area is 792 Å². The van der Waals surface area contributed by atoms with E-state index in [0.29, 0.717) is 95.9 Å². The number of fused-ring (bicyclic) bond motifs is 5. The number of alkyl halides is 2. The molecule has 0 bridgehead atoms. The molecule has 7 aromatic carbocycles. The van der Waals surface area contributed by atoms with Crippen molar-refractivity contribution in [2.75, 3.05) is 83.9 Å². The van der Waals surface area contributed by atoms with E-state index in [1.165, 1.54) is 57.6 Å². The van der Waals surface area contributed by atoms with Crippen LogP contribution in [0.3, 0.4) is 0 Å². The number of anilines is 1. The second-order valence-electron chi connectivity index (χ2n) is 29.8. The smallest absolute Gasteiger partial charge is 0.274 e. The zero-order valence-corrected chi connectivity index (χ0v) is 80.3. The summed E-state index contributed by atoms with van der Waals surface area (Å²) in [5, 5.41) is 36.9. The average molecular weight is 1910 g/mol. The third-order valence-electron chi connectivity index (χ3n) is 21.3. The molecule has 32 nitrogen and oxygen atoms in total. The van der Waals surface area contributed by atoms with Crippen LogP contribution in [0.5, 0.6) is 63.4 Å². The Bertz CT molecular complexity index is 7750. The number of aromatic nitrogens is 19. The van der Waals surface area contributed by atoms with Crippen molar-refractivity contribution in [3.05, 3.63) is 234 Å². The van der Waals surface area contributed by atoms with Crippen molar-refractivity contribution in [2.24, 2.45) is 0 Å². The van der Waals surface area contributed by atoms with Gasteiger partial charge in [-0.05, 0) is 157 Å². The summed E-state index contributed by atoms with van der Waals surface area (Å²) in [6.07, 6.45) is 6.82. The predicted molar refractivity (Wildman–Crippen MR) is 519 cm³/mol. The maximum absolute atomic E-state index is 13.9. The Hall–Kier alpha value is -15.6. The number of hydrogen-bond donors (Lipinski definition) is 1. The van der Waals surface area contributed by atoms with E-state index < -0.39 is 5.92 Å². The van der Waals surface area contributed by atoms with Crippen molar-refractivity contribution in [3.63, 3.8) is 0 Å². The quantitative estimate of drug-likeness (QED) is 0.0658. The Morgan fingerprint density at radius 3 is 0.867 bits per heavy atom. The van der Waals surface area contributed by atoms with Crippen molar-refractivity contribution >= 4 is 87.3 Å². The first-order valence-corrected chi connectivity index (χ1v) is 45.3. The normalized spacial score (nSPS) is 11.1. The van der Waals surface area contributed by atoms with Crippen LogP contribution in [0.4, 0.5) is 14.6 Å². The SMILES string of the molecule is COc1ccc(-c2c(C)nc3sc(-c4ccc(OC)c(OC)c4)nn23)cn1.COc1ccc(-c2nn3c(-c4ccc(C#N)cc4)c(C)nc3s2)cc1OC.COc1ccc(-c2nn3c(-c4ccccc4)c(C)nc3s2)cc1OC.COc1ccc(-c2nn3c(-c4cnc(C)nc4)c(C)nc3s2)cc1OC.COc1ccc(-c2nn3c(-c4cnc(N)c(C(C)(F)F)c4)c(C)nc3s2)cc1OC. The Kier molecular flexibility index (Phi) is 27.3. The van der Waals surface area contributed by atoms with Crippen molar-refractivity contribution < 1.29 is 60.9 Å². The van der Waals surface area contributed by atoms with E-state index in [1.807, 2.05) is 180 Å². The number of nitrogens with two attached hydrogens (primary N) is 1. The molecule has 0 radical (unpaired) electrons. The van der Waals surface area contributed by atoms with Crippen LogP contribution in [0.1, 0.15) is 52.3 Å². The molecule has 0 saturated heterocycles. The molecule has 20 aromatic rings. The molecule has 0 fully saturated rings. The summed E-state index contributed by atoms with van der Waals surface area (Å²) in [6, 6.07) is 53.4. The van der Waals surface area contributed by atoms with Crippen LogP contribution in [-0.2, 0) is 5.92 Å². The molecule has 0 amide bonds. The van der Waals surface area contributed by atoms with E-state index in [-0.39, 0.29) is 11.4 Å². The second-order valence-corrected chi connectivity index (χ2v) is 34.6. The van der Waals surface area contributed by atoms with Gasteiger partial charge in [0.2, 0.25) is 30.7 Å². The molecule has 135 heavy (non-hydrogen) atoms. The molecule has 2 N–H and O–H groups in total. The van der Waals surface area contributed by atoms with Gasteiger partial charge in [0.1, 0.15) is 36.7 Å². The summed E-state index contributed by atoms with van der Waals surface area (Å²) in [5.74, 6) is 4.61. The minimum absolute atomic E-state index is 0.200. The molecule has 0 saturated carbocycles. The fourth-order valence-electron chi connectivity index (χ4n) is 14.7. The van der Waals surface area contributed by atoms with Crippen molar-refractivity contribution in [3.8, 4) is 179 Å². The van der Waals surface area contributed by atoms with E-state index in [9.17, 15) is 8.78 Å². The number of rotatable bonds is 22. The average Bonchev–Trinajstić information content (AvgIpc) is 1.41. The molecule has 13 aromatic heterocycles. The first-order valence-electron chi connectivity index (χ1n) is 41.2. The van der Waals surface area contributed by atoms with Gasteiger partial charge in [-0.3, -0.25) is 0 Å². The van der Waals surface area contributed by atoms with Gasteiger partial charge in [-0.1, -0.05) is 99.1 Å². The Balaban J connectivity index is 0.000000123. The van der Waals surface area contributed by atoms with Crippen LogP contribution in [0.15, 0.2) is 189 Å². The zero-order chi connectivity index (χ0) is 95.2. The summed E-state index contributed by atoms with van der Waals surface area (Å²) in [7, 11) is 17.7. The van der Waals surface area contributed by atoms with Gasteiger partial charge in [-0.15, -0.1) is 0 Å². The maximum atomic E-state index is 13.9. The number of nitriles is 1. The molecular formula is C96H87F2N21O11S5. The number of ether oxygens (including phenoxy) is 11. The number of imidazole rings is 5. The molecule has 0 unspecified atom stereocenters. The second kappa shape index (κ2) is 39.8. The van der Waals surface area contributed by atoms with Crippen LogP contribution in [0.25, 0.3) is 134 Å². The largest absolute Gasteiger partial charge is 0.493 e. The molecule has 13 heterocycles. The number of nitrogen functional groups attached to an aromatic ring is 1. The predicted octanol–water partition coefficient (Wildman–Crippen LogP) is 20.7. The number of aryl methyl sites for hydroxylation is 6. The lowest BCUT2D eigenvalue weighted by Gasteiger charge is -2.14. The molecule has 0 atom stereocenters. The van der Waals surface area contributed by atoms with Gasteiger partial charge in [-0.2, -0.15) is 30.8 Å². The highest BCUT2D eigenvalue weighted by molar-refractivity contribution is 7.21. The number of nitrogens with zero attached hydrogens (tertiary/aromatic N) is 20. The van der Waals surface area contributed by atoms with E-state index in [4.69, 9.17) is 83.5 Å². The third-order valence-corrected chi connectivity index (χ3v) is 26.1. The van der Waals surface area contributed by atoms with Crippen LogP contribution in [0, 0.1) is 52.9 Å². The third kappa shape index (κ3) is 19.0. The Morgan fingerprint density at radius 2 is 0.578 bits per heavy atom. The number of hydrogen-bond acceptors (Lipinski definition) is 32. The van der Waals surface area contributed by atoms with Crippen molar-refractivity contribution in [2.45, 2.75) is 54.4 Å². The van der Waals surface area contributed by atoms with Crippen LogP contribution < -0.4 is 57.8 Å². The lowest BCUT2D eigenvalue weighted by Crippen LogP contribution is -2.12. The minimum Gasteiger partial charge on any atom is -0.493 e. The van der Waals surface area contributed by atoms with Crippen molar-refractivity contribution in [1.29, 1.82) is 5.26 Å². The van der Waals surface area contributed by atoms with E-state index in [2.05, 4.69) is 68.2 Å². The number of methoxy groups -OCH3 is 11. The van der Waals surface area contributed by atoms with Crippen LogP contribution in [0.2, 0.25) is 0 Å². The molecular weight excluding hydrogens is 1820 g/mol. The molecule has 0 aliphatic heterocycles. The highest BCUT2D eigenvalue weighted by atomic mass is 32.1. The number of benzene rings is 7. The summed E-state index contributed by atoms with van der Waals surface area (Å²) in [4.78, 5) is 44.0. The first-order chi connectivity index (χ1) is 65.3. The standard InChI is InChI=1S/C20H19F2N5O2S.C20H16N4O2S.C19H18N4O3S.C19H17N3O2S.C18H17N5O2S/c1-10-16(12-7-13(20(2,21)22)17(23)24-9-12)27-19(25-10)30-18(26-27)11-5-6-14(28-3)15(8-11)29-4;1-12-18(14-6-4-13(11-21)5-7-14)24-20(22-12)27-19(23-24)15-8-9-16(25-2)17(10-15)26-3;1-11-17(13-6-8-16(26-4)20-10-13)23-19(21-11)27-18(22-23)12-5-7-14(24-2)15(9-12)25-3;1-12-17(13-7-5-4-6-8-13)22-19(20-12)25-18(21-22)14-9-10-15(23-2)16(11-14)24-3;1-10-16(13-8-19-11(2)20-9-13)23-18(21-10)26-17(22-23)12-5-6-14(24-3)15(7-12)25-4/h5-9H,1-4H3,(H2,23,24);4-10H,1-3H3;5-10H,1-4H3;4-11H,1-3H3;5-9H,1-4H3. The monoisotopic (exact) mass is 1910 g/mol. The van der Waals surface area contributed by atoms with E-state index in [0.717, 1.165) is 148 Å². The van der Waals surface area contributed by atoms with Crippen molar-refractivity contribution in [1.82, 2.24) is 92.9 Å². The fraction of sp³-hybridized carbons (Fsp3) is 0.198. The molecule has 39 heteroatoms. The number of pyridine rings is 2. The van der Waals surface area contributed by atoms with Crippen LogP contribution in [-0.4, -0.2) is 171 Å². The van der Waals surface area contributed by atoms with Gasteiger partial charge in [0.25, 0.3) is 5.92 Å². The van der Waals surface area contributed by atoms with Crippen LogP contribution >= 0.6 is 56.7 Å².